The van der Waals surface area contributed by atoms with Gasteiger partial charge in [-0.05, 0) is 36.8 Å². The molecule has 0 saturated carbocycles. The highest BCUT2D eigenvalue weighted by Gasteiger charge is 2.05. The Labute approximate surface area is 146 Å². The van der Waals surface area contributed by atoms with E-state index in [1.165, 1.54) is 0 Å². The van der Waals surface area contributed by atoms with E-state index in [1.54, 1.807) is 30.5 Å². The van der Waals surface area contributed by atoms with Gasteiger partial charge in [0.2, 0.25) is 0 Å². The summed E-state index contributed by atoms with van der Waals surface area (Å²) in [6.45, 7) is 2.81. The molecule has 3 rings (SSSR count). The lowest BCUT2D eigenvalue weighted by Crippen LogP contribution is -2.17. The summed E-state index contributed by atoms with van der Waals surface area (Å²) in [5.41, 5.74) is 5.05. The average molecular weight is 335 g/mol. The van der Waals surface area contributed by atoms with E-state index in [-0.39, 0.29) is 5.91 Å². The SMILES string of the molecule is CCCCOc1ccc(C(=O)NN=Cc2c[nH]c3ccccc23)cc1. The molecule has 0 atom stereocenters. The Morgan fingerprint density at radius 3 is 2.80 bits per heavy atom. The van der Waals surface area contributed by atoms with Gasteiger partial charge in [-0.15, -0.1) is 0 Å². The molecule has 0 radical (unpaired) electrons. The van der Waals surface area contributed by atoms with E-state index in [2.05, 4.69) is 22.4 Å². The van der Waals surface area contributed by atoms with Crippen LogP contribution in [0.2, 0.25) is 0 Å². The normalized spacial score (nSPS) is 11.1. The number of H-pyrrole nitrogens is 1. The molecule has 2 aromatic carbocycles. The highest BCUT2D eigenvalue weighted by atomic mass is 16.5. The lowest BCUT2D eigenvalue weighted by molar-refractivity contribution is 0.0955. The van der Waals surface area contributed by atoms with Crippen molar-refractivity contribution in [3.63, 3.8) is 0 Å². The van der Waals surface area contributed by atoms with Gasteiger partial charge < -0.3 is 9.72 Å². The average Bonchev–Trinajstić information content (AvgIpc) is 3.06. The van der Waals surface area contributed by atoms with Crippen molar-refractivity contribution in [3.05, 3.63) is 65.9 Å². The van der Waals surface area contributed by atoms with Gasteiger partial charge in [-0.25, -0.2) is 5.43 Å². The van der Waals surface area contributed by atoms with Crippen LogP contribution >= 0.6 is 0 Å². The summed E-state index contributed by atoms with van der Waals surface area (Å²) < 4.78 is 5.59. The number of rotatable bonds is 7. The smallest absolute Gasteiger partial charge is 0.271 e. The summed E-state index contributed by atoms with van der Waals surface area (Å²) in [6.07, 6.45) is 5.61. The van der Waals surface area contributed by atoms with E-state index in [4.69, 9.17) is 4.74 Å². The highest BCUT2D eigenvalue weighted by molar-refractivity contribution is 6.00. The summed E-state index contributed by atoms with van der Waals surface area (Å²) in [7, 11) is 0. The van der Waals surface area contributed by atoms with Crippen LogP contribution in [0.1, 0.15) is 35.7 Å². The largest absolute Gasteiger partial charge is 0.494 e. The minimum absolute atomic E-state index is 0.254. The maximum Gasteiger partial charge on any atom is 0.271 e. The van der Waals surface area contributed by atoms with Crippen LogP contribution in [0.3, 0.4) is 0 Å². The Balaban J connectivity index is 1.58. The molecule has 1 aromatic heterocycles. The predicted molar refractivity (Wildman–Crippen MR) is 100 cm³/mol. The van der Waals surface area contributed by atoms with Gasteiger partial charge in [0.15, 0.2) is 0 Å². The Morgan fingerprint density at radius 2 is 2.00 bits per heavy atom. The van der Waals surface area contributed by atoms with E-state index >= 15 is 0 Å². The lowest BCUT2D eigenvalue weighted by Gasteiger charge is -2.05. The summed E-state index contributed by atoms with van der Waals surface area (Å²) in [4.78, 5) is 15.3. The number of carbonyl (C=O) groups is 1. The first-order valence-corrected chi connectivity index (χ1v) is 8.40. The van der Waals surface area contributed by atoms with E-state index in [1.807, 2.05) is 30.5 Å². The molecular formula is C20H21N3O2. The number of benzene rings is 2. The number of hydrogen-bond acceptors (Lipinski definition) is 3. The van der Waals surface area contributed by atoms with Crippen molar-refractivity contribution in [2.75, 3.05) is 6.61 Å². The second kappa shape index (κ2) is 8.15. The van der Waals surface area contributed by atoms with Gasteiger partial charge in [0.1, 0.15) is 5.75 Å². The maximum atomic E-state index is 12.1. The topological polar surface area (TPSA) is 66.5 Å². The van der Waals surface area contributed by atoms with Gasteiger partial charge in [-0.3, -0.25) is 4.79 Å². The number of unbranched alkanes of at least 4 members (excludes halogenated alkanes) is 1. The molecule has 0 aliphatic rings. The number of hydrazone groups is 1. The van der Waals surface area contributed by atoms with E-state index < -0.39 is 0 Å². The van der Waals surface area contributed by atoms with Crippen molar-refractivity contribution in [3.8, 4) is 5.75 Å². The Bertz CT molecular complexity index is 866. The van der Waals surface area contributed by atoms with E-state index in [0.717, 1.165) is 35.1 Å². The van der Waals surface area contributed by atoms with Crippen LogP contribution in [0.5, 0.6) is 5.75 Å². The molecule has 0 unspecified atom stereocenters. The number of aromatic nitrogens is 1. The fourth-order valence-electron chi connectivity index (χ4n) is 2.46. The number of carbonyl (C=O) groups excluding carboxylic acids is 1. The van der Waals surface area contributed by atoms with Crippen molar-refractivity contribution >= 4 is 23.0 Å². The third kappa shape index (κ3) is 4.26. The molecule has 0 fully saturated rings. The van der Waals surface area contributed by atoms with Crippen LogP contribution in [0.4, 0.5) is 0 Å². The van der Waals surface area contributed by atoms with Crippen molar-refractivity contribution in [2.24, 2.45) is 5.10 Å². The molecule has 5 heteroatoms. The van der Waals surface area contributed by atoms with Gasteiger partial charge in [-0.1, -0.05) is 31.5 Å². The third-order valence-corrected chi connectivity index (χ3v) is 3.87. The number of nitrogens with zero attached hydrogens (tertiary/aromatic N) is 1. The zero-order valence-corrected chi connectivity index (χ0v) is 14.2. The van der Waals surface area contributed by atoms with Crippen LogP contribution in [-0.2, 0) is 0 Å². The number of amides is 1. The summed E-state index contributed by atoms with van der Waals surface area (Å²) in [5, 5.41) is 5.11. The molecule has 0 aliphatic heterocycles. The molecule has 5 nitrogen and oxygen atoms in total. The molecule has 0 spiro atoms. The monoisotopic (exact) mass is 335 g/mol. The van der Waals surface area contributed by atoms with E-state index in [0.29, 0.717) is 12.2 Å². The number of fused-ring (bicyclic) bond motifs is 1. The van der Waals surface area contributed by atoms with Gasteiger partial charge >= 0.3 is 0 Å². The van der Waals surface area contributed by atoms with Gasteiger partial charge in [0.05, 0.1) is 12.8 Å². The quantitative estimate of drug-likeness (QED) is 0.388. The molecule has 0 bridgehead atoms. The number of ether oxygens (including phenoxy) is 1. The van der Waals surface area contributed by atoms with Gasteiger partial charge in [0, 0.05) is 28.2 Å². The molecular weight excluding hydrogens is 314 g/mol. The van der Waals surface area contributed by atoms with Crippen molar-refractivity contribution in [1.82, 2.24) is 10.4 Å². The van der Waals surface area contributed by atoms with Crippen LogP contribution in [0.15, 0.2) is 59.8 Å². The van der Waals surface area contributed by atoms with Crippen molar-refractivity contribution in [2.45, 2.75) is 19.8 Å². The summed E-state index contributed by atoms with van der Waals surface area (Å²) in [5.74, 6) is 0.517. The van der Waals surface area contributed by atoms with Crippen LogP contribution in [0.25, 0.3) is 10.9 Å². The fourth-order valence-corrected chi connectivity index (χ4v) is 2.46. The Hall–Kier alpha value is -3.08. The number of hydrogen-bond donors (Lipinski definition) is 2. The lowest BCUT2D eigenvalue weighted by atomic mass is 10.2. The molecule has 0 saturated heterocycles. The van der Waals surface area contributed by atoms with Crippen molar-refractivity contribution in [1.29, 1.82) is 0 Å². The summed E-state index contributed by atoms with van der Waals surface area (Å²) in [6, 6.07) is 15.0. The maximum absolute atomic E-state index is 12.1. The number of nitrogens with one attached hydrogen (secondary N) is 2. The zero-order valence-electron chi connectivity index (χ0n) is 14.2. The van der Waals surface area contributed by atoms with Gasteiger partial charge in [0.25, 0.3) is 5.91 Å². The predicted octanol–water partition coefficient (Wildman–Crippen LogP) is 4.11. The first kappa shape index (κ1) is 16.8. The van der Waals surface area contributed by atoms with Crippen LogP contribution < -0.4 is 10.2 Å². The van der Waals surface area contributed by atoms with E-state index in [9.17, 15) is 4.79 Å². The molecule has 2 N–H and O–H groups in total. The third-order valence-electron chi connectivity index (χ3n) is 3.87. The summed E-state index contributed by atoms with van der Waals surface area (Å²) >= 11 is 0. The molecule has 128 valence electrons. The Morgan fingerprint density at radius 1 is 1.20 bits per heavy atom. The first-order chi connectivity index (χ1) is 12.3. The molecule has 25 heavy (non-hydrogen) atoms. The fraction of sp³-hybridized carbons (Fsp3) is 0.200. The molecule has 1 amide bonds. The number of aromatic amines is 1. The van der Waals surface area contributed by atoms with Gasteiger partial charge in [-0.2, -0.15) is 5.10 Å². The van der Waals surface area contributed by atoms with Crippen LogP contribution in [0, 0.1) is 0 Å². The molecule has 3 aromatic rings. The minimum atomic E-state index is -0.254. The molecule has 0 aliphatic carbocycles. The first-order valence-electron chi connectivity index (χ1n) is 8.40. The zero-order chi connectivity index (χ0) is 17.5. The highest BCUT2D eigenvalue weighted by Crippen LogP contribution is 2.16. The minimum Gasteiger partial charge on any atom is -0.494 e. The van der Waals surface area contributed by atoms with Crippen LogP contribution in [-0.4, -0.2) is 23.7 Å². The number of para-hydroxylation sites is 1. The molecule has 1 heterocycles. The standard InChI is InChI=1S/C20H21N3O2/c1-2-3-12-25-17-10-8-15(9-11-17)20(24)23-22-14-16-13-21-19-7-5-4-6-18(16)19/h4-11,13-14,21H,2-3,12H2,1H3,(H,23,24). The second-order valence-electron chi connectivity index (χ2n) is 5.72. The van der Waals surface area contributed by atoms with Crippen molar-refractivity contribution < 1.29 is 9.53 Å². The second-order valence-corrected chi connectivity index (χ2v) is 5.72. The Kier molecular flexibility index (Phi) is 5.46.